The summed E-state index contributed by atoms with van der Waals surface area (Å²) in [6.45, 7) is 7.64. The summed E-state index contributed by atoms with van der Waals surface area (Å²) >= 11 is 0. The first kappa shape index (κ1) is 22.7. The monoisotopic (exact) mass is 426 g/mol. The van der Waals surface area contributed by atoms with Gasteiger partial charge in [0.1, 0.15) is 24.5 Å². The van der Waals surface area contributed by atoms with Gasteiger partial charge in [-0.15, -0.1) is 0 Å². The van der Waals surface area contributed by atoms with E-state index in [9.17, 15) is 14.4 Å². The highest BCUT2D eigenvalue weighted by molar-refractivity contribution is 5.99. The van der Waals surface area contributed by atoms with Crippen molar-refractivity contribution in [3.8, 4) is 0 Å². The highest BCUT2D eigenvalue weighted by atomic mass is 16.5. The summed E-state index contributed by atoms with van der Waals surface area (Å²) in [5.74, 6) is -0.472. The average Bonchev–Trinajstić information content (AvgIpc) is 3.33. The van der Waals surface area contributed by atoms with Crippen LogP contribution in [0.15, 0.2) is 47.1 Å². The van der Waals surface area contributed by atoms with Crippen LogP contribution in [0.25, 0.3) is 0 Å². The predicted molar refractivity (Wildman–Crippen MR) is 116 cm³/mol. The van der Waals surface area contributed by atoms with Crippen molar-refractivity contribution in [2.24, 2.45) is 0 Å². The third kappa shape index (κ3) is 5.22. The van der Waals surface area contributed by atoms with E-state index in [0.717, 1.165) is 5.56 Å². The summed E-state index contributed by atoms with van der Waals surface area (Å²) in [6.07, 6.45) is 2.04. The fourth-order valence-electron chi connectivity index (χ4n) is 3.95. The number of carbonyl (C=O) groups excluding carboxylic acids is 3. The Hall–Kier alpha value is -2.93. The van der Waals surface area contributed by atoms with E-state index < -0.39 is 29.3 Å². The minimum atomic E-state index is -0.845. The maximum atomic E-state index is 13.2. The van der Waals surface area contributed by atoms with E-state index in [0.29, 0.717) is 24.2 Å². The number of rotatable bonds is 8. The zero-order valence-electron chi connectivity index (χ0n) is 18.4. The molecule has 0 spiro atoms. The van der Waals surface area contributed by atoms with Crippen molar-refractivity contribution in [3.63, 3.8) is 0 Å². The Bertz CT molecular complexity index is 934. The molecule has 2 N–H and O–H groups in total. The molecule has 166 valence electrons. The molecule has 1 aromatic carbocycles. The van der Waals surface area contributed by atoms with Crippen molar-refractivity contribution in [1.29, 1.82) is 0 Å². The molecule has 1 aliphatic rings. The van der Waals surface area contributed by atoms with Gasteiger partial charge in [-0.25, -0.2) is 0 Å². The Kier molecular flexibility index (Phi) is 6.95. The van der Waals surface area contributed by atoms with Gasteiger partial charge >= 0.3 is 0 Å². The van der Waals surface area contributed by atoms with Gasteiger partial charge in [0.05, 0.1) is 17.9 Å². The molecule has 7 nitrogen and oxygen atoms in total. The first-order valence-corrected chi connectivity index (χ1v) is 10.6. The second-order valence-electron chi connectivity index (χ2n) is 8.58. The molecule has 1 saturated heterocycles. The molecule has 2 heterocycles. The molecule has 0 bridgehead atoms. The van der Waals surface area contributed by atoms with Crippen LogP contribution in [0, 0.1) is 6.92 Å². The topological polar surface area (TPSA) is 97.6 Å². The van der Waals surface area contributed by atoms with Gasteiger partial charge in [0.15, 0.2) is 5.78 Å². The molecule has 0 aliphatic carbocycles. The summed E-state index contributed by atoms with van der Waals surface area (Å²) in [7, 11) is 0. The SMILES string of the molecule is CCC1OCC(=O)C1NC(=O)[C@H](CC(C)(C)c1ccccc1)NC(=O)c1ccoc1C. The van der Waals surface area contributed by atoms with Crippen LogP contribution in [0.1, 0.15) is 55.3 Å². The smallest absolute Gasteiger partial charge is 0.255 e. The molecule has 2 amide bonds. The van der Waals surface area contributed by atoms with Gasteiger partial charge in [-0.1, -0.05) is 51.1 Å². The number of aryl methyl sites for hydroxylation is 1. The number of ether oxygens (including phenoxy) is 1. The van der Waals surface area contributed by atoms with Crippen LogP contribution in [-0.4, -0.2) is 42.4 Å². The van der Waals surface area contributed by atoms with E-state index in [1.54, 1.807) is 13.0 Å². The van der Waals surface area contributed by atoms with E-state index in [1.165, 1.54) is 6.26 Å². The largest absolute Gasteiger partial charge is 0.469 e. The lowest BCUT2D eigenvalue weighted by atomic mass is 9.78. The molecule has 2 unspecified atom stereocenters. The van der Waals surface area contributed by atoms with Crippen molar-refractivity contribution in [2.75, 3.05) is 6.61 Å². The molecule has 3 rings (SSSR count). The second-order valence-corrected chi connectivity index (χ2v) is 8.58. The molecule has 0 saturated carbocycles. The van der Waals surface area contributed by atoms with Gasteiger partial charge < -0.3 is 19.8 Å². The summed E-state index contributed by atoms with van der Waals surface area (Å²) < 4.78 is 10.7. The van der Waals surface area contributed by atoms with E-state index in [1.807, 2.05) is 51.1 Å². The Morgan fingerprint density at radius 2 is 1.90 bits per heavy atom. The number of hydrogen-bond acceptors (Lipinski definition) is 5. The van der Waals surface area contributed by atoms with Gasteiger partial charge in [-0.05, 0) is 36.8 Å². The first-order valence-electron chi connectivity index (χ1n) is 10.6. The Morgan fingerprint density at radius 3 is 2.52 bits per heavy atom. The zero-order chi connectivity index (χ0) is 22.6. The highest BCUT2D eigenvalue weighted by Crippen LogP contribution is 2.29. The van der Waals surface area contributed by atoms with Crippen molar-refractivity contribution in [2.45, 2.75) is 64.1 Å². The molecular weight excluding hydrogens is 396 g/mol. The van der Waals surface area contributed by atoms with Crippen molar-refractivity contribution in [3.05, 3.63) is 59.5 Å². The molecule has 7 heteroatoms. The van der Waals surface area contributed by atoms with Gasteiger partial charge in [0.2, 0.25) is 5.91 Å². The standard InChI is InChI=1S/C24H30N2O5/c1-5-20-21(19(27)14-31-20)26-23(29)18(25-22(28)17-11-12-30-15(17)2)13-24(3,4)16-9-7-6-8-10-16/h6-12,18,20-21H,5,13-14H2,1-4H3,(H,25,28)(H,26,29)/t18-,20?,21?/m0/s1. The van der Waals surface area contributed by atoms with Crippen LogP contribution in [0.5, 0.6) is 0 Å². The molecule has 3 atom stereocenters. The number of amides is 2. The minimum absolute atomic E-state index is 0.00972. The minimum Gasteiger partial charge on any atom is -0.469 e. The van der Waals surface area contributed by atoms with E-state index >= 15 is 0 Å². The zero-order valence-corrected chi connectivity index (χ0v) is 18.4. The third-order valence-corrected chi connectivity index (χ3v) is 5.85. The molecule has 1 fully saturated rings. The third-order valence-electron chi connectivity index (χ3n) is 5.85. The van der Waals surface area contributed by atoms with Crippen molar-refractivity contribution < 1.29 is 23.5 Å². The Labute approximate surface area is 182 Å². The molecule has 1 aromatic heterocycles. The lowest BCUT2D eigenvalue weighted by Gasteiger charge is -2.31. The fraction of sp³-hybridized carbons (Fsp3) is 0.458. The summed E-state index contributed by atoms with van der Waals surface area (Å²) in [5, 5.41) is 5.66. The van der Waals surface area contributed by atoms with E-state index in [-0.39, 0.29) is 18.5 Å². The molecule has 2 aromatic rings. The van der Waals surface area contributed by atoms with Crippen LogP contribution in [0.2, 0.25) is 0 Å². The van der Waals surface area contributed by atoms with Crippen LogP contribution >= 0.6 is 0 Å². The predicted octanol–water partition coefficient (Wildman–Crippen LogP) is 2.92. The van der Waals surface area contributed by atoms with Crippen LogP contribution in [-0.2, 0) is 19.7 Å². The van der Waals surface area contributed by atoms with E-state index in [2.05, 4.69) is 10.6 Å². The summed E-state index contributed by atoms with van der Waals surface area (Å²) in [4.78, 5) is 38.3. The Morgan fingerprint density at radius 1 is 1.19 bits per heavy atom. The van der Waals surface area contributed by atoms with Crippen LogP contribution < -0.4 is 10.6 Å². The number of hydrogen-bond donors (Lipinski definition) is 2. The summed E-state index contributed by atoms with van der Waals surface area (Å²) in [6, 6.07) is 9.85. The number of Topliss-reactive ketones (excluding diaryl/α,β-unsaturated/α-hetero) is 1. The Balaban J connectivity index is 1.82. The maximum absolute atomic E-state index is 13.2. The second kappa shape index (κ2) is 9.47. The van der Waals surface area contributed by atoms with Gasteiger partial charge in [0, 0.05) is 0 Å². The van der Waals surface area contributed by atoms with Crippen LogP contribution in [0.3, 0.4) is 0 Å². The van der Waals surface area contributed by atoms with Gasteiger partial charge in [-0.3, -0.25) is 14.4 Å². The molecule has 31 heavy (non-hydrogen) atoms. The first-order chi connectivity index (χ1) is 14.7. The molecular formula is C24H30N2O5. The number of carbonyl (C=O) groups is 3. The van der Waals surface area contributed by atoms with Crippen molar-refractivity contribution >= 4 is 17.6 Å². The van der Waals surface area contributed by atoms with Gasteiger partial charge in [0.25, 0.3) is 5.91 Å². The number of ketones is 1. The lowest BCUT2D eigenvalue weighted by Crippen LogP contribution is -2.54. The van der Waals surface area contributed by atoms with Gasteiger partial charge in [-0.2, -0.15) is 0 Å². The van der Waals surface area contributed by atoms with E-state index in [4.69, 9.17) is 9.15 Å². The maximum Gasteiger partial charge on any atom is 0.255 e. The normalized spacial score (nSPS) is 19.8. The number of nitrogens with one attached hydrogen (secondary N) is 2. The average molecular weight is 427 g/mol. The summed E-state index contributed by atoms with van der Waals surface area (Å²) in [5.41, 5.74) is 1.03. The number of furan rings is 1. The lowest BCUT2D eigenvalue weighted by molar-refractivity contribution is -0.128. The quantitative estimate of drug-likeness (QED) is 0.676. The van der Waals surface area contributed by atoms with Crippen LogP contribution in [0.4, 0.5) is 0 Å². The van der Waals surface area contributed by atoms with Crippen molar-refractivity contribution in [1.82, 2.24) is 10.6 Å². The fourth-order valence-corrected chi connectivity index (χ4v) is 3.95. The highest BCUT2D eigenvalue weighted by Gasteiger charge is 2.38. The molecule has 0 radical (unpaired) electrons. The number of benzene rings is 1. The molecule has 1 aliphatic heterocycles.